The van der Waals surface area contributed by atoms with E-state index in [0.717, 1.165) is 16.9 Å². The summed E-state index contributed by atoms with van der Waals surface area (Å²) >= 11 is 1.36. The molecular weight excluding hydrogens is 266 g/mol. The fourth-order valence-corrected chi connectivity index (χ4v) is 3.52. The smallest absolute Gasteiger partial charge is 0.118 e. The Kier molecular flexibility index (Phi) is 3.80. The zero-order valence-corrected chi connectivity index (χ0v) is 11.6. The van der Waals surface area contributed by atoms with Crippen LogP contribution in [0.25, 0.3) is 11.1 Å². The van der Waals surface area contributed by atoms with Crippen LogP contribution in [0.15, 0.2) is 33.9 Å². The number of thiophene rings is 1. The third-order valence-electron chi connectivity index (χ3n) is 2.53. The highest BCUT2D eigenvalue weighted by Crippen LogP contribution is 2.33. The zero-order chi connectivity index (χ0) is 13.1. The molecule has 1 unspecified atom stereocenters. The van der Waals surface area contributed by atoms with E-state index in [2.05, 4.69) is 6.07 Å². The van der Waals surface area contributed by atoms with Gasteiger partial charge >= 0.3 is 0 Å². The summed E-state index contributed by atoms with van der Waals surface area (Å²) in [5, 5.41) is 11.1. The van der Waals surface area contributed by atoms with E-state index in [1.807, 2.05) is 29.6 Å². The molecule has 2 rings (SSSR count). The van der Waals surface area contributed by atoms with Crippen molar-refractivity contribution < 1.29 is 8.95 Å². The highest BCUT2D eigenvalue weighted by molar-refractivity contribution is 7.86. The second kappa shape index (κ2) is 5.34. The van der Waals surface area contributed by atoms with E-state index in [4.69, 9.17) is 4.74 Å². The third-order valence-corrected chi connectivity index (χ3v) is 5.02. The topological polar surface area (TPSA) is 50.1 Å². The lowest BCUT2D eigenvalue weighted by Gasteiger charge is -2.02. The van der Waals surface area contributed by atoms with E-state index in [-0.39, 0.29) is 0 Å². The van der Waals surface area contributed by atoms with Crippen molar-refractivity contribution in [1.82, 2.24) is 0 Å². The van der Waals surface area contributed by atoms with E-state index in [9.17, 15) is 9.47 Å². The Balaban J connectivity index is 2.51. The fourth-order valence-electron chi connectivity index (χ4n) is 1.64. The summed E-state index contributed by atoms with van der Waals surface area (Å²) in [4.78, 5) is 0. The maximum absolute atomic E-state index is 11.5. The molecule has 92 valence electrons. The highest BCUT2D eigenvalue weighted by Gasteiger charge is 2.15. The summed E-state index contributed by atoms with van der Waals surface area (Å²) in [7, 11) is 0.482. The quantitative estimate of drug-likeness (QED) is 0.866. The number of benzene rings is 1. The molecule has 0 bridgehead atoms. The fraction of sp³-hybridized carbons (Fsp3) is 0.154. The van der Waals surface area contributed by atoms with Crippen molar-refractivity contribution in [2.75, 3.05) is 13.4 Å². The van der Waals surface area contributed by atoms with E-state index < -0.39 is 10.8 Å². The van der Waals surface area contributed by atoms with Gasteiger partial charge in [-0.1, -0.05) is 12.1 Å². The van der Waals surface area contributed by atoms with Crippen molar-refractivity contribution in [2.45, 2.75) is 4.21 Å². The van der Waals surface area contributed by atoms with Crippen LogP contribution in [0.2, 0.25) is 0 Å². The van der Waals surface area contributed by atoms with Gasteiger partial charge in [-0.25, -0.2) is 0 Å². The molecule has 0 aliphatic rings. The van der Waals surface area contributed by atoms with Gasteiger partial charge in [0.25, 0.3) is 0 Å². The Hall–Kier alpha value is -1.64. The normalized spacial score (nSPS) is 11.8. The van der Waals surface area contributed by atoms with Gasteiger partial charge in [0.2, 0.25) is 0 Å². The minimum absolute atomic E-state index is 0.506. The molecule has 0 saturated carbocycles. The Morgan fingerprint density at radius 1 is 1.33 bits per heavy atom. The molecule has 0 N–H and O–H groups in total. The second-order valence-corrected chi connectivity index (χ2v) is 6.06. The number of rotatable bonds is 3. The molecule has 0 saturated heterocycles. The van der Waals surface area contributed by atoms with E-state index >= 15 is 0 Å². The summed E-state index contributed by atoms with van der Waals surface area (Å²) in [5.41, 5.74) is 2.27. The summed E-state index contributed by atoms with van der Waals surface area (Å²) in [6.07, 6.45) is 1.59. The summed E-state index contributed by atoms with van der Waals surface area (Å²) in [6.45, 7) is 0. The van der Waals surface area contributed by atoms with Crippen LogP contribution in [0.1, 0.15) is 5.56 Å². The van der Waals surface area contributed by atoms with Crippen LogP contribution < -0.4 is 4.74 Å². The van der Waals surface area contributed by atoms with Crippen LogP contribution in [0.4, 0.5) is 0 Å². The number of hydrogen-bond acceptors (Lipinski definition) is 4. The van der Waals surface area contributed by atoms with Crippen LogP contribution in [-0.4, -0.2) is 17.6 Å². The minimum Gasteiger partial charge on any atom is -0.497 e. The second-order valence-electron chi connectivity index (χ2n) is 3.61. The van der Waals surface area contributed by atoms with Crippen LogP contribution in [0.3, 0.4) is 0 Å². The lowest BCUT2D eigenvalue weighted by molar-refractivity contribution is 0.415. The summed E-state index contributed by atoms with van der Waals surface area (Å²) < 4.78 is 17.2. The minimum atomic E-state index is -1.13. The molecule has 18 heavy (non-hydrogen) atoms. The van der Waals surface area contributed by atoms with Gasteiger partial charge < -0.3 is 4.74 Å². The Bertz CT molecular complexity index is 623. The molecule has 1 heterocycles. The number of methoxy groups -OCH3 is 1. The van der Waals surface area contributed by atoms with Crippen molar-refractivity contribution in [3.8, 4) is 22.9 Å². The predicted molar refractivity (Wildman–Crippen MR) is 73.4 cm³/mol. The molecule has 0 spiro atoms. The van der Waals surface area contributed by atoms with Gasteiger partial charge in [0.05, 0.1) is 23.5 Å². The number of nitriles is 1. The van der Waals surface area contributed by atoms with E-state index in [1.165, 1.54) is 11.3 Å². The lowest BCUT2D eigenvalue weighted by atomic mass is 10.1. The molecule has 3 nitrogen and oxygen atoms in total. The molecule has 1 atom stereocenters. The molecule has 1 aromatic heterocycles. The van der Waals surface area contributed by atoms with E-state index in [0.29, 0.717) is 9.77 Å². The summed E-state index contributed by atoms with van der Waals surface area (Å²) in [5.74, 6) is 0.770. The predicted octanol–water partition coefficient (Wildman–Crippen LogP) is 3.03. The standard InChI is InChI=1S/C13H11NO2S2/c1-16-10-5-3-9(4-6-10)12-8-17-13(18(2)15)11(12)7-14/h3-6,8H,1-2H3. The molecule has 0 aliphatic carbocycles. The average Bonchev–Trinajstić information content (AvgIpc) is 2.82. The number of nitrogens with zero attached hydrogens (tertiary/aromatic N) is 1. The van der Waals surface area contributed by atoms with E-state index in [1.54, 1.807) is 13.4 Å². The van der Waals surface area contributed by atoms with Crippen molar-refractivity contribution in [1.29, 1.82) is 5.26 Å². The largest absolute Gasteiger partial charge is 0.497 e. The van der Waals surface area contributed by atoms with Crippen molar-refractivity contribution >= 4 is 22.1 Å². The van der Waals surface area contributed by atoms with Gasteiger partial charge in [-0.3, -0.25) is 4.21 Å². The monoisotopic (exact) mass is 277 g/mol. The van der Waals surface area contributed by atoms with Crippen molar-refractivity contribution in [2.24, 2.45) is 0 Å². The van der Waals surface area contributed by atoms with Crippen LogP contribution in [0.5, 0.6) is 5.75 Å². The maximum atomic E-state index is 11.5. The van der Waals surface area contributed by atoms with Crippen molar-refractivity contribution in [3.63, 3.8) is 0 Å². The first-order valence-corrected chi connectivity index (χ1v) is 7.60. The number of ether oxygens (including phenoxy) is 1. The zero-order valence-electron chi connectivity index (χ0n) is 9.97. The number of hydrogen-bond donors (Lipinski definition) is 0. The Morgan fingerprint density at radius 2 is 2.00 bits per heavy atom. The SMILES string of the molecule is COc1ccc(-c2csc(S(C)=O)c2C#N)cc1. The maximum Gasteiger partial charge on any atom is 0.118 e. The third kappa shape index (κ3) is 2.30. The highest BCUT2D eigenvalue weighted by atomic mass is 32.2. The Morgan fingerprint density at radius 3 is 2.50 bits per heavy atom. The van der Waals surface area contributed by atoms with Crippen LogP contribution >= 0.6 is 11.3 Å². The molecule has 0 aliphatic heterocycles. The van der Waals surface area contributed by atoms with Gasteiger partial charge in [0.15, 0.2) is 0 Å². The van der Waals surface area contributed by atoms with Gasteiger partial charge in [0.1, 0.15) is 16.0 Å². The van der Waals surface area contributed by atoms with Gasteiger partial charge in [-0.2, -0.15) is 5.26 Å². The van der Waals surface area contributed by atoms with Crippen LogP contribution in [-0.2, 0) is 10.8 Å². The molecule has 0 radical (unpaired) electrons. The van der Waals surface area contributed by atoms with Gasteiger partial charge in [0, 0.05) is 17.2 Å². The molecular formula is C13H11NO2S2. The molecule has 0 amide bonds. The first kappa shape index (κ1) is 12.8. The lowest BCUT2D eigenvalue weighted by Crippen LogP contribution is -1.88. The Labute approximate surface area is 112 Å². The first-order valence-electron chi connectivity index (χ1n) is 5.16. The van der Waals surface area contributed by atoms with Crippen LogP contribution in [0, 0.1) is 11.3 Å². The van der Waals surface area contributed by atoms with Gasteiger partial charge in [-0.15, -0.1) is 11.3 Å². The molecule has 1 aromatic carbocycles. The van der Waals surface area contributed by atoms with Gasteiger partial charge in [-0.05, 0) is 17.7 Å². The van der Waals surface area contributed by atoms with Crippen molar-refractivity contribution in [3.05, 3.63) is 35.2 Å². The summed E-state index contributed by atoms with van der Waals surface area (Å²) in [6, 6.07) is 9.61. The molecule has 0 fully saturated rings. The molecule has 2 aromatic rings. The average molecular weight is 277 g/mol. The molecule has 5 heteroatoms. The first-order chi connectivity index (χ1) is 8.67.